The molecule has 0 aliphatic carbocycles. The summed E-state index contributed by atoms with van der Waals surface area (Å²) in [4.78, 5) is 27.4. The molecule has 2 N–H and O–H groups in total. The van der Waals surface area contributed by atoms with Gasteiger partial charge in [-0.3, -0.25) is 4.79 Å². The summed E-state index contributed by atoms with van der Waals surface area (Å²) in [5.41, 5.74) is 1.20. The van der Waals surface area contributed by atoms with E-state index in [4.69, 9.17) is 11.6 Å². The van der Waals surface area contributed by atoms with Crippen LogP contribution in [0.1, 0.15) is 26.4 Å². The number of halogens is 2. The minimum Gasteiger partial charge on any atom is -0.478 e. The van der Waals surface area contributed by atoms with Crippen LogP contribution in [-0.2, 0) is 0 Å². The van der Waals surface area contributed by atoms with Gasteiger partial charge in [-0.2, -0.15) is 0 Å². The number of benzene rings is 1. The minimum atomic E-state index is -1.10. The lowest BCUT2D eigenvalue weighted by molar-refractivity contribution is 0.0698. The zero-order valence-electron chi connectivity index (χ0n) is 10.9. The Morgan fingerprint density at radius 3 is 2.62 bits per heavy atom. The average Bonchev–Trinajstić information content (AvgIpc) is 2.39. The Kier molecular flexibility index (Phi) is 4.79. The molecule has 2 rings (SSSR count). The van der Waals surface area contributed by atoms with Crippen LogP contribution < -0.4 is 5.32 Å². The number of carboxylic acid groups (broad SMARTS) is 1. The van der Waals surface area contributed by atoms with Crippen LogP contribution in [0.5, 0.6) is 0 Å². The van der Waals surface area contributed by atoms with Crippen molar-refractivity contribution in [1.82, 2.24) is 4.98 Å². The number of aromatic nitrogens is 1. The van der Waals surface area contributed by atoms with Crippen molar-refractivity contribution in [2.75, 3.05) is 5.32 Å². The lowest BCUT2D eigenvalue weighted by atomic mass is 10.1. The number of amides is 1. The lowest BCUT2D eigenvalue weighted by Crippen LogP contribution is -2.15. The fourth-order valence-corrected chi connectivity index (χ4v) is 2.50. The Hall–Kier alpha value is -1.67. The van der Waals surface area contributed by atoms with Crippen molar-refractivity contribution in [2.24, 2.45) is 0 Å². The topological polar surface area (TPSA) is 79.3 Å². The summed E-state index contributed by atoms with van der Waals surface area (Å²) in [6.45, 7) is 1.72. The van der Waals surface area contributed by atoms with Crippen LogP contribution in [0.25, 0.3) is 0 Å². The molecular formula is C14H10ClIN2O3. The zero-order chi connectivity index (χ0) is 15.6. The normalized spacial score (nSPS) is 10.2. The second-order valence-electron chi connectivity index (χ2n) is 4.27. The van der Waals surface area contributed by atoms with E-state index in [1.807, 2.05) is 22.6 Å². The summed E-state index contributed by atoms with van der Waals surface area (Å²) in [6.07, 6.45) is 0. The number of anilines is 1. The van der Waals surface area contributed by atoms with E-state index in [2.05, 4.69) is 10.3 Å². The van der Waals surface area contributed by atoms with Gasteiger partial charge >= 0.3 is 5.97 Å². The van der Waals surface area contributed by atoms with Gasteiger partial charge in [0.05, 0.1) is 11.3 Å². The molecule has 0 spiro atoms. The number of rotatable bonds is 3. The molecule has 1 heterocycles. The van der Waals surface area contributed by atoms with Crippen LogP contribution in [0.15, 0.2) is 30.3 Å². The number of nitrogens with zero attached hydrogens (tertiary/aromatic N) is 1. The largest absolute Gasteiger partial charge is 0.478 e. The number of carbonyl (C=O) groups is 2. The van der Waals surface area contributed by atoms with Crippen molar-refractivity contribution >= 4 is 51.8 Å². The second kappa shape index (κ2) is 6.40. The van der Waals surface area contributed by atoms with E-state index in [9.17, 15) is 14.7 Å². The van der Waals surface area contributed by atoms with Gasteiger partial charge in [-0.1, -0.05) is 11.6 Å². The van der Waals surface area contributed by atoms with Crippen LogP contribution in [0.4, 0.5) is 5.69 Å². The average molecular weight is 417 g/mol. The molecule has 0 fully saturated rings. The van der Waals surface area contributed by atoms with Crippen LogP contribution in [0, 0.1) is 10.5 Å². The van der Waals surface area contributed by atoms with Crippen molar-refractivity contribution in [2.45, 2.75) is 6.92 Å². The first-order valence-electron chi connectivity index (χ1n) is 5.85. The highest BCUT2D eigenvalue weighted by Crippen LogP contribution is 2.20. The highest BCUT2D eigenvalue weighted by atomic mass is 127. The van der Waals surface area contributed by atoms with Gasteiger partial charge in [0.1, 0.15) is 5.15 Å². The highest BCUT2D eigenvalue weighted by Gasteiger charge is 2.15. The number of hydrogen-bond acceptors (Lipinski definition) is 3. The third-order valence-electron chi connectivity index (χ3n) is 2.64. The number of nitrogens with one attached hydrogen (secondary N) is 1. The van der Waals surface area contributed by atoms with E-state index in [1.54, 1.807) is 25.1 Å². The number of carbonyl (C=O) groups excluding carboxylic acids is 1. The van der Waals surface area contributed by atoms with E-state index in [0.29, 0.717) is 11.3 Å². The standard InChI is InChI=1S/C14H10ClIN2O3/c1-7-4-8(5-12(15)17-7)13(19)18-11-3-2-9(16)6-10(11)14(20)21/h2-6H,1H3,(H,18,19)(H,20,21). The quantitative estimate of drug-likeness (QED) is 0.592. The molecule has 108 valence electrons. The van der Waals surface area contributed by atoms with Crippen molar-refractivity contribution in [1.29, 1.82) is 0 Å². The maximum atomic E-state index is 12.2. The van der Waals surface area contributed by atoms with Crippen LogP contribution in [0.3, 0.4) is 0 Å². The van der Waals surface area contributed by atoms with E-state index >= 15 is 0 Å². The molecule has 0 aliphatic heterocycles. The van der Waals surface area contributed by atoms with Crippen molar-refractivity contribution < 1.29 is 14.7 Å². The maximum Gasteiger partial charge on any atom is 0.337 e. The Morgan fingerprint density at radius 2 is 2.00 bits per heavy atom. The molecule has 21 heavy (non-hydrogen) atoms. The molecule has 5 nitrogen and oxygen atoms in total. The minimum absolute atomic E-state index is 0.0344. The summed E-state index contributed by atoms with van der Waals surface area (Å²) < 4.78 is 0.769. The molecule has 2 aromatic rings. The first kappa shape index (κ1) is 15.7. The lowest BCUT2D eigenvalue weighted by Gasteiger charge is -2.09. The molecule has 1 aromatic carbocycles. The monoisotopic (exact) mass is 416 g/mol. The van der Waals surface area contributed by atoms with Gasteiger partial charge in [-0.15, -0.1) is 0 Å². The number of carboxylic acids is 1. The molecule has 0 aliphatic rings. The molecule has 1 amide bonds. The van der Waals surface area contributed by atoms with Crippen LogP contribution in [-0.4, -0.2) is 22.0 Å². The smallest absolute Gasteiger partial charge is 0.337 e. The molecule has 0 saturated heterocycles. The molecule has 0 radical (unpaired) electrons. The van der Waals surface area contributed by atoms with E-state index in [-0.39, 0.29) is 16.4 Å². The third-order valence-corrected chi connectivity index (χ3v) is 3.51. The molecule has 7 heteroatoms. The number of aromatic carboxylic acids is 1. The van der Waals surface area contributed by atoms with Crippen molar-refractivity contribution in [3.63, 3.8) is 0 Å². The summed E-state index contributed by atoms with van der Waals surface area (Å²) >= 11 is 7.82. The van der Waals surface area contributed by atoms with Crippen LogP contribution in [0.2, 0.25) is 5.15 Å². The summed E-state index contributed by atoms with van der Waals surface area (Å²) in [5, 5.41) is 12.0. The van der Waals surface area contributed by atoms with E-state index < -0.39 is 11.9 Å². The predicted molar refractivity (Wildman–Crippen MR) is 88.1 cm³/mol. The summed E-state index contributed by atoms with van der Waals surface area (Å²) in [7, 11) is 0. The van der Waals surface area contributed by atoms with Crippen molar-refractivity contribution in [3.8, 4) is 0 Å². The first-order chi connectivity index (χ1) is 9.86. The van der Waals surface area contributed by atoms with Gasteiger partial charge in [-0.25, -0.2) is 9.78 Å². The maximum absolute atomic E-state index is 12.2. The Labute approximate surface area is 139 Å². The van der Waals surface area contributed by atoms with Gasteiger partial charge in [-0.05, 0) is 59.8 Å². The Balaban J connectivity index is 2.33. The predicted octanol–water partition coefficient (Wildman–Crippen LogP) is 3.60. The Morgan fingerprint density at radius 1 is 1.29 bits per heavy atom. The molecule has 0 bridgehead atoms. The van der Waals surface area contributed by atoms with Crippen LogP contribution >= 0.6 is 34.2 Å². The summed E-state index contributed by atoms with van der Waals surface area (Å²) in [5.74, 6) is -1.54. The molecular weight excluding hydrogens is 407 g/mol. The number of pyridine rings is 1. The van der Waals surface area contributed by atoms with Gasteiger partial charge in [0.15, 0.2) is 0 Å². The first-order valence-corrected chi connectivity index (χ1v) is 7.31. The van der Waals surface area contributed by atoms with Gasteiger partial charge in [0, 0.05) is 14.8 Å². The Bertz CT molecular complexity index is 714. The molecule has 0 unspecified atom stereocenters. The molecule has 0 saturated carbocycles. The fourth-order valence-electron chi connectivity index (χ4n) is 1.76. The van der Waals surface area contributed by atoms with Gasteiger partial charge in [0.25, 0.3) is 5.91 Å². The molecule has 0 atom stereocenters. The van der Waals surface area contributed by atoms with Crippen molar-refractivity contribution in [3.05, 3.63) is 55.9 Å². The van der Waals surface area contributed by atoms with Gasteiger partial charge in [0.2, 0.25) is 0 Å². The van der Waals surface area contributed by atoms with Gasteiger partial charge < -0.3 is 10.4 Å². The number of aryl methyl sites for hydroxylation is 1. The number of hydrogen-bond donors (Lipinski definition) is 2. The fraction of sp³-hybridized carbons (Fsp3) is 0.0714. The second-order valence-corrected chi connectivity index (χ2v) is 5.90. The summed E-state index contributed by atoms with van der Waals surface area (Å²) in [6, 6.07) is 7.76. The molecule has 1 aromatic heterocycles. The highest BCUT2D eigenvalue weighted by molar-refractivity contribution is 14.1. The van der Waals surface area contributed by atoms with E-state index in [0.717, 1.165) is 3.57 Å². The third kappa shape index (κ3) is 3.92. The zero-order valence-corrected chi connectivity index (χ0v) is 13.8. The van der Waals surface area contributed by atoms with E-state index in [1.165, 1.54) is 12.1 Å². The SMILES string of the molecule is Cc1cc(C(=O)Nc2ccc(I)cc2C(=O)O)cc(Cl)n1.